The van der Waals surface area contributed by atoms with Gasteiger partial charge in [0.25, 0.3) is 0 Å². The van der Waals surface area contributed by atoms with Crippen molar-refractivity contribution in [2.24, 2.45) is 5.92 Å². The summed E-state index contributed by atoms with van der Waals surface area (Å²) in [5.74, 6) is 0.175. The van der Waals surface area contributed by atoms with E-state index in [0.717, 1.165) is 36.3 Å². The molecule has 0 bridgehead atoms. The second-order valence-corrected chi connectivity index (χ2v) is 6.33. The summed E-state index contributed by atoms with van der Waals surface area (Å²) in [7, 11) is 0. The minimum Gasteiger partial charge on any atom is -0.396 e. The maximum absolute atomic E-state index is 12.2. The highest BCUT2D eigenvalue weighted by Gasteiger charge is 2.24. The van der Waals surface area contributed by atoms with Gasteiger partial charge < -0.3 is 15.7 Å². The van der Waals surface area contributed by atoms with Crippen LogP contribution in [0.1, 0.15) is 32.1 Å². The van der Waals surface area contributed by atoms with E-state index in [4.69, 9.17) is 0 Å². The Morgan fingerprint density at radius 1 is 1.29 bits per heavy atom. The molecule has 0 heterocycles. The van der Waals surface area contributed by atoms with Crippen molar-refractivity contribution in [1.29, 1.82) is 0 Å². The molecule has 1 aromatic rings. The maximum Gasteiger partial charge on any atom is 0.319 e. The second-order valence-electron chi connectivity index (χ2n) is 5.49. The first-order chi connectivity index (χ1) is 10.2. The molecule has 116 valence electrons. The first-order valence-corrected chi connectivity index (χ1v) is 8.78. The number of hydrogen-bond acceptors (Lipinski definition) is 3. The summed E-state index contributed by atoms with van der Waals surface area (Å²) in [6.07, 6.45) is 7.37. The Hall–Kier alpha value is -1.20. The van der Waals surface area contributed by atoms with Gasteiger partial charge in [0.1, 0.15) is 0 Å². The summed E-state index contributed by atoms with van der Waals surface area (Å²) in [6.45, 7) is 0.145. The lowest BCUT2D eigenvalue weighted by Crippen LogP contribution is -2.43. The zero-order chi connectivity index (χ0) is 15.1. The molecule has 0 spiro atoms. The fraction of sp³-hybridized carbons (Fsp3) is 0.562. The third-order valence-electron chi connectivity index (χ3n) is 4.07. The van der Waals surface area contributed by atoms with Crippen LogP contribution >= 0.6 is 11.8 Å². The van der Waals surface area contributed by atoms with Gasteiger partial charge in [-0.3, -0.25) is 0 Å². The molecule has 4 nitrogen and oxygen atoms in total. The molecule has 0 aliphatic heterocycles. The van der Waals surface area contributed by atoms with Gasteiger partial charge in [-0.1, -0.05) is 31.4 Å². The third kappa shape index (κ3) is 4.64. The van der Waals surface area contributed by atoms with E-state index in [9.17, 15) is 9.90 Å². The summed E-state index contributed by atoms with van der Waals surface area (Å²) in [6, 6.07) is 7.66. The van der Waals surface area contributed by atoms with Gasteiger partial charge in [-0.15, -0.1) is 11.8 Å². The Balaban J connectivity index is 1.96. The van der Waals surface area contributed by atoms with E-state index in [0.29, 0.717) is 0 Å². The predicted molar refractivity (Wildman–Crippen MR) is 87.8 cm³/mol. The van der Waals surface area contributed by atoms with Crippen LogP contribution in [0.4, 0.5) is 10.5 Å². The summed E-state index contributed by atoms with van der Waals surface area (Å²) < 4.78 is 0. The Kier molecular flexibility index (Phi) is 6.39. The molecular formula is C16H24N2O2S. The van der Waals surface area contributed by atoms with Gasteiger partial charge >= 0.3 is 6.03 Å². The molecular weight excluding hydrogens is 284 g/mol. The zero-order valence-corrected chi connectivity index (χ0v) is 13.3. The van der Waals surface area contributed by atoms with Crippen LogP contribution in [0.25, 0.3) is 0 Å². The highest BCUT2D eigenvalue weighted by atomic mass is 32.2. The smallest absolute Gasteiger partial charge is 0.319 e. The molecule has 1 fully saturated rings. The third-order valence-corrected chi connectivity index (χ3v) is 4.86. The van der Waals surface area contributed by atoms with Gasteiger partial charge in [-0.05, 0) is 31.2 Å². The van der Waals surface area contributed by atoms with Crippen molar-refractivity contribution in [3.8, 4) is 0 Å². The van der Waals surface area contributed by atoms with Gasteiger partial charge in [-0.2, -0.15) is 0 Å². The minimum absolute atomic E-state index is 0.0685. The standard InChI is InChI=1S/C16H24N2O2S/c1-21-15-10-6-5-9-14(15)18-16(20)17-13-8-4-2-3-7-12(13)11-19/h5-6,9-10,12-13,19H,2-4,7-8,11H2,1H3,(H2,17,18,20). The van der Waals surface area contributed by atoms with Gasteiger partial charge in [0.05, 0.1) is 5.69 Å². The van der Waals surface area contributed by atoms with Crippen LogP contribution in [0.15, 0.2) is 29.2 Å². The highest BCUT2D eigenvalue weighted by molar-refractivity contribution is 7.98. The largest absolute Gasteiger partial charge is 0.396 e. The van der Waals surface area contributed by atoms with Crippen molar-refractivity contribution < 1.29 is 9.90 Å². The van der Waals surface area contributed by atoms with E-state index >= 15 is 0 Å². The minimum atomic E-state index is -0.179. The molecule has 1 aromatic carbocycles. The van der Waals surface area contributed by atoms with Crippen LogP contribution in [0, 0.1) is 5.92 Å². The normalized spacial score (nSPS) is 22.4. The monoisotopic (exact) mass is 308 g/mol. The quantitative estimate of drug-likeness (QED) is 0.589. The molecule has 5 heteroatoms. The number of rotatable bonds is 4. The molecule has 0 saturated heterocycles. The van der Waals surface area contributed by atoms with Crippen molar-refractivity contribution in [3.63, 3.8) is 0 Å². The predicted octanol–water partition coefficient (Wildman–Crippen LogP) is 3.47. The Morgan fingerprint density at radius 3 is 2.81 bits per heavy atom. The van der Waals surface area contributed by atoms with Crippen LogP contribution in [0.2, 0.25) is 0 Å². The lowest BCUT2D eigenvalue weighted by molar-refractivity contribution is 0.182. The van der Waals surface area contributed by atoms with Crippen molar-refractivity contribution in [2.75, 3.05) is 18.2 Å². The lowest BCUT2D eigenvalue weighted by Gasteiger charge is -2.24. The molecule has 2 amide bonds. The average molecular weight is 308 g/mol. The first-order valence-electron chi connectivity index (χ1n) is 7.56. The highest BCUT2D eigenvalue weighted by Crippen LogP contribution is 2.25. The number of benzene rings is 1. The number of aliphatic hydroxyl groups excluding tert-OH is 1. The summed E-state index contributed by atoms with van der Waals surface area (Å²) in [4.78, 5) is 13.3. The van der Waals surface area contributed by atoms with E-state index in [-0.39, 0.29) is 24.6 Å². The second kappa shape index (κ2) is 8.29. The molecule has 0 aromatic heterocycles. The fourth-order valence-electron chi connectivity index (χ4n) is 2.87. The van der Waals surface area contributed by atoms with Gasteiger partial charge in [0.2, 0.25) is 0 Å². The van der Waals surface area contributed by atoms with Crippen LogP contribution in [-0.4, -0.2) is 30.0 Å². The van der Waals surface area contributed by atoms with Crippen molar-refractivity contribution >= 4 is 23.5 Å². The molecule has 0 radical (unpaired) electrons. The number of aliphatic hydroxyl groups is 1. The van der Waals surface area contributed by atoms with Crippen molar-refractivity contribution in [3.05, 3.63) is 24.3 Å². The first kappa shape index (κ1) is 16.2. The van der Waals surface area contributed by atoms with Crippen LogP contribution in [-0.2, 0) is 0 Å². The van der Waals surface area contributed by atoms with Crippen LogP contribution in [0.3, 0.4) is 0 Å². The number of carbonyl (C=O) groups excluding carboxylic acids is 1. The fourth-order valence-corrected chi connectivity index (χ4v) is 3.42. The molecule has 2 atom stereocenters. The molecule has 3 N–H and O–H groups in total. The number of urea groups is 1. The SMILES string of the molecule is CSc1ccccc1NC(=O)NC1CCCCCC1CO. The zero-order valence-electron chi connectivity index (χ0n) is 12.5. The van der Waals surface area contributed by atoms with Crippen LogP contribution in [0.5, 0.6) is 0 Å². The number of amides is 2. The van der Waals surface area contributed by atoms with Crippen molar-refractivity contribution in [1.82, 2.24) is 5.32 Å². The van der Waals surface area contributed by atoms with E-state index < -0.39 is 0 Å². The van der Waals surface area contributed by atoms with E-state index in [1.807, 2.05) is 30.5 Å². The van der Waals surface area contributed by atoms with Crippen molar-refractivity contribution in [2.45, 2.75) is 43.0 Å². The number of carbonyl (C=O) groups is 1. The number of para-hydroxylation sites is 1. The molecule has 1 aliphatic rings. The molecule has 1 aliphatic carbocycles. The van der Waals surface area contributed by atoms with Gasteiger partial charge in [0, 0.05) is 23.5 Å². The number of nitrogens with one attached hydrogen (secondary N) is 2. The molecule has 2 rings (SSSR count). The maximum atomic E-state index is 12.2. The van der Waals surface area contributed by atoms with Gasteiger partial charge in [0.15, 0.2) is 0 Å². The topological polar surface area (TPSA) is 61.4 Å². The van der Waals surface area contributed by atoms with Gasteiger partial charge in [-0.25, -0.2) is 4.79 Å². The van der Waals surface area contributed by atoms with E-state index in [2.05, 4.69) is 10.6 Å². The number of hydrogen-bond donors (Lipinski definition) is 3. The van der Waals surface area contributed by atoms with E-state index in [1.165, 1.54) is 6.42 Å². The lowest BCUT2D eigenvalue weighted by atomic mass is 9.96. The molecule has 2 unspecified atom stereocenters. The summed E-state index contributed by atoms with van der Waals surface area (Å²) in [5.41, 5.74) is 0.830. The number of anilines is 1. The number of thioether (sulfide) groups is 1. The molecule has 1 saturated carbocycles. The summed E-state index contributed by atoms with van der Waals surface area (Å²) >= 11 is 1.61. The molecule has 21 heavy (non-hydrogen) atoms. The average Bonchev–Trinajstić information content (AvgIpc) is 2.72. The Bertz CT molecular complexity index is 467. The Morgan fingerprint density at radius 2 is 2.05 bits per heavy atom. The van der Waals surface area contributed by atoms with Crippen LogP contribution < -0.4 is 10.6 Å². The Labute approximate surface area is 130 Å². The van der Waals surface area contributed by atoms with E-state index in [1.54, 1.807) is 11.8 Å². The summed E-state index contributed by atoms with van der Waals surface area (Å²) in [5, 5.41) is 15.5.